The minimum atomic E-state index is -1.26. The van der Waals surface area contributed by atoms with E-state index in [0.717, 1.165) is 37.4 Å². The van der Waals surface area contributed by atoms with Crippen LogP contribution >= 0.6 is 0 Å². The Morgan fingerprint density at radius 2 is 1.94 bits per heavy atom. The van der Waals surface area contributed by atoms with Gasteiger partial charge in [-0.25, -0.2) is 4.39 Å². The Hall–Kier alpha value is -1.09. The SMILES string of the molecule is CC(C)(F)c1cccc(N2CCNCC2)c1. The van der Waals surface area contributed by atoms with Crippen LogP contribution in [0.5, 0.6) is 0 Å². The third-order valence-electron chi connectivity index (χ3n) is 3.01. The van der Waals surface area contributed by atoms with E-state index in [4.69, 9.17) is 0 Å². The number of benzene rings is 1. The molecule has 1 aliphatic rings. The number of rotatable bonds is 2. The monoisotopic (exact) mass is 222 g/mol. The molecule has 1 heterocycles. The maximum atomic E-state index is 13.8. The fraction of sp³-hybridized carbons (Fsp3) is 0.538. The maximum absolute atomic E-state index is 13.8. The van der Waals surface area contributed by atoms with E-state index >= 15 is 0 Å². The van der Waals surface area contributed by atoms with Crippen molar-refractivity contribution in [3.8, 4) is 0 Å². The summed E-state index contributed by atoms with van der Waals surface area (Å²) >= 11 is 0. The first-order valence-electron chi connectivity index (χ1n) is 5.82. The van der Waals surface area contributed by atoms with Crippen LogP contribution in [0.25, 0.3) is 0 Å². The third kappa shape index (κ3) is 2.53. The molecule has 0 spiro atoms. The Morgan fingerprint density at radius 1 is 1.25 bits per heavy atom. The lowest BCUT2D eigenvalue weighted by molar-refractivity contribution is 0.221. The zero-order valence-corrected chi connectivity index (χ0v) is 9.96. The number of alkyl halides is 1. The van der Waals surface area contributed by atoms with E-state index < -0.39 is 5.67 Å². The van der Waals surface area contributed by atoms with Gasteiger partial charge in [0, 0.05) is 31.9 Å². The zero-order valence-electron chi connectivity index (χ0n) is 9.96. The topological polar surface area (TPSA) is 15.3 Å². The van der Waals surface area contributed by atoms with Crippen molar-refractivity contribution >= 4 is 5.69 Å². The van der Waals surface area contributed by atoms with E-state index in [0.29, 0.717) is 0 Å². The second-order valence-corrected chi connectivity index (χ2v) is 4.76. The van der Waals surface area contributed by atoms with Crippen molar-refractivity contribution < 1.29 is 4.39 Å². The van der Waals surface area contributed by atoms with Crippen molar-refractivity contribution in [2.45, 2.75) is 19.5 Å². The largest absolute Gasteiger partial charge is 0.369 e. The van der Waals surface area contributed by atoms with Gasteiger partial charge in [-0.05, 0) is 31.5 Å². The minimum Gasteiger partial charge on any atom is -0.369 e. The highest BCUT2D eigenvalue weighted by Gasteiger charge is 2.20. The van der Waals surface area contributed by atoms with Gasteiger partial charge >= 0.3 is 0 Å². The zero-order chi connectivity index (χ0) is 11.6. The molecular weight excluding hydrogens is 203 g/mol. The van der Waals surface area contributed by atoms with Gasteiger partial charge in [0.25, 0.3) is 0 Å². The van der Waals surface area contributed by atoms with Crippen molar-refractivity contribution in [2.24, 2.45) is 0 Å². The Labute approximate surface area is 96.5 Å². The number of nitrogens with one attached hydrogen (secondary N) is 1. The summed E-state index contributed by atoms with van der Waals surface area (Å²) in [6.45, 7) is 7.20. The number of hydrogen-bond donors (Lipinski definition) is 1. The highest BCUT2D eigenvalue weighted by atomic mass is 19.1. The number of hydrogen-bond acceptors (Lipinski definition) is 2. The molecule has 0 unspecified atom stereocenters. The summed E-state index contributed by atoms with van der Waals surface area (Å²) in [7, 11) is 0. The summed E-state index contributed by atoms with van der Waals surface area (Å²) in [6, 6.07) is 7.81. The third-order valence-corrected chi connectivity index (χ3v) is 3.01. The van der Waals surface area contributed by atoms with Gasteiger partial charge in [0.1, 0.15) is 5.67 Å². The van der Waals surface area contributed by atoms with Gasteiger partial charge in [0.2, 0.25) is 0 Å². The molecule has 0 aromatic heterocycles. The van der Waals surface area contributed by atoms with Crippen molar-refractivity contribution in [1.29, 1.82) is 0 Å². The molecule has 1 fully saturated rings. The normalized spacial score (nSPS) is 17.6. The first kappa shape index (κ1) is 11.4. The van der Waals surface area contributed by atoms with Gasteiger partial charge in [-0.1, -0.05) is 12.1 Å². The summed E-state index contributed by atoms with van der Waals surface area (Å²) < 4.78 is 13.8. The van der Waals surface area contributed by atoms with E-state index in [1.165, 1.54) is 0 Å². The number of piperazine rings is 1. The molecule has 3 heteroatoms. The standard InChI is InChI=1S/C13H19FN2/c1-13(2,14)11-4-3-5-12(10-11)16-8-6-15-7-9-16/h3-5,10,15H,6-9H2,1-2H3. The molecule has 1 aromatic carbocycles. The Kier molecular flexibility index (Phi) is 3.15. The van der Waals surface area contributed by atoms with Crippen molar-refractivity contribution in [2.75, 3.05) is 31.1 Å². The summed E-state index contributed by atoms with van der Waals surface area (Å²) in [6.07, 6.45) is 0. The van der Waals surface area contributed by atoms with Crippen LogP contribution in [0, 0.1) is 0 Å². The molecule has 0 bridgehead atoms. The van der Waals surface area contributed by atoms with Crippen LogP contribution in [-0.4, -0.2) is 26.2 Å². The smallest absolute Gasteiger partial charge is 0.130 e. The lowest BCUT2D eigenvalue weighted by atomic mass is 9.99. The van der Waals surface area contributed by atoms with E-state index in [1.807, 2.05) is 18.2 Å². The summed E-state index contributed by atoms with van der Waals surface area (Å²) in [5.41, 5.74) is 0.623. The number of halogens is 1. The quantitative estimate of drug-likeness (QED) is 0.826. The molecule has 1 N–H and O–H groups in total. The average molecular weight is 222 g/mol. The summed E-state index contributed by atoms with van der Waals surface area (Å²) in [4.78, 5) is 2.30. The highest BCUT2D eigenvalue weighted by Crippen LogP contribution is 2.27. The van der Waals surface area contributed by atoms with Gasteiger partial charge in [-0.3, -0.25) is 0 Å². The Balaban J connectivity index is 2.21. The molecule has 0 atom stereocenters. The van der Waals surface area contributed by atoms with Crippen LogP contribution in [0.15, 0.2) is 24.3 Å². The maximum Gasteiger partial charge on any atom is 0.130 e. The molecule has 0 aliphatic carbocycles. The van der Waals surface area contributed by atoms with Gasteiger partial charge < -0.3 is 10.2 Å². The summed E-state index contributed by atoms with van der Waals surface area (Å²) in [5, 5.41) is 3.31. The van der Waals surface area contributed by atoms with Crippen molar-refractivity contribution in [3.63, 3.8) is 0 Å². The molecule has 16 heavy (non-hydrogen) atoms. The molecule has 88 valence electrons. The van der Waals surface area contributed by atoms with E-state index in [9.17, 15) is 4.39 Å². The van der Waals surface area contributed by atoms with E-state index in [1.54, 1.807) is 13.8 Å². The number of nitrogens with zero attached hydrogens (tertiary/aromatic N) is 1. The molecule has 0 amide bonds. The average Bonchev–Trinajstić information content (AvgIpc) is 2.29. The van der Waals surface area contributed by atoms with Crippen LogP contribution in [0.2, 0.25) is 0 Å². The molecule has 2 rings (SSSR count). The van der Waals surface area contributed by atoms with Crippen LogP contribution in [0.1, 0.15) is 19.4 Å². The Morgan fingerprint density at radius 3 is 2.56 bits per heavy atom. The molecule has 1 aliphatic heterocycles. The molecule has 1 aromatic rings. The van der Waals surface area contributed by atoms with Crippen LogP contribution in [0.4, 0.5) is 10.1 Å². The van der Waals surface area contributed by atoms with Crippen LogP contribution < -0.4 is 10.2 Å². The Bertz CT molecular complexity index is 351. The molecule has 0 radical (unpaired) electrons. The molecule has 2 nitrogen and oxygen atoms in total. The van der Waals surface area contributed by atoms with Crippen molar-refractivity contribution in [1.82, 2.24) is 5.32 Å². The minimum absolute atomic E-state index is 0.753. The van der Waals surface area contributed by atoms with Crippen molar-refractivity contribution in [3.05, 3.63) is 29.8 Å². The summed E-state index contributed by atoms with van der Waals surface area (Å²) in [5.74, 6) is 0. The second kappa shape index (κ2) is 4.42. The first-order chi connectivity index (χ1) is 7.57. The fourth-order valence-electron chi connectivity index (χ4n) is 2.00. The number of anilines is 1. The van der Waals surface area contributed by atoms with Gasteiger partial charge in [0.15, 0.2) is 0 Å². The first-order valence-corrected chi connectivity index (χ1v) is 5.82. The van der Waals surface area contributed by atoms with Crippen LogP contribution in [-0.2, 0) is 5.67 Å². The van der Waals surface area contributed by atoms with Gasteiger partial charge in [-0.2, -0.15) is 0 Å². The molecule has 0 saturated carbocycles. The predicted octanol–water partition coefficient (Wildman–Crippen LogP) is 2.30. The molecular formula is C13H19FN2. The predicted molar refractivity (Wildman–Crippen MR) is 65.7 cm³/mol. The lowest BCUT2D eigenvalue weighted by Gasteiger charge is -2.30. The lowest BCUT2D eigenvalue weighted by Crippen LogP contribution is -2.43. The van der Waals surface area contributed by atoms with Gasteiger partial charge in [0.05, 0.1) is 0 Å². The fourth-order valence-corrected chi connectivity index (χ4v) is 2.00. The van der Waals surface area contributed by atoms with E-state index in [2.05, 4.69) is 16.3 Å². The van der Waals surface area contributed by atoms with Crippen LogP contribution in [0.3, 0.4) is 0 Å². The molecule has 1 saturated heterocycles. The highest BCUT2D eigenvalue weighted by molar-refractivity contribution is 5.50. The van der Waals surface area contributed by atoms with Gasteiger partial charge in [-0.15, -0.1) is 0 Å². The second-order valence-electron chi connectivity index (χ2n) is 4.76. The van der Waals surface area contributed by atoms with E-state index in [-0.39, 0.29) is 0 Å².